The molecule has 1 heterocycles. The number of nitrogens with zero attached hydrogens (tertiary/aromatic N) is 3. The quantitative estimate of drug-likeness (QED) is 0.195. The van der Waals surface area contributed by atoms with Gasteiger partial charge in [-0.25, -0.2) is 10.4 Å². The van der Waals surface area contributed by atoms with Gasteiger partial charge >= 0.3 is 0 Å². The molecule has 9 nitrogen and oxygen atoms in total. The fraction of sp³-hybridized carbons (Fsp3) is 0.0909. The van der Waals surface area contributed by atoms with Gasteiger partial charge in [-0.1, -0.05) is 12.1 Å². The molecule has 0 saturated heterocycles. The van der Waals surface area contributed by atoms with E-state index < -0.39 is 4.92 Å². The highest BCUT2D eigenvalue weighted by Gasteiger charge is 2.12. The van der Waals surface area contributed by atoms with Crippen molar-refractivity contribution in [3.05, 3.63) is 86.4 Å². The number of para-hydroxylation sites is 2. The zero-order valence-electron chi connectivity index (χ0n) is 16.9. The van der Waals surface area contributed by atoms with Crippen molar-refractivity contribution in [2.75, 3.05) is 12.5 Å². The first-order chi connectivity index (χ1) is 15.5. The van der Waals surface area contributed by atoms with E-state index in [9.17, 15) is 10.1 Å². The van der Waals surface area contributed by atoms with E-state index in [1.165, 1.54) is 12.1 Å². The molecule has 0 bridgehead atoms. The molecule has 0 unspecified atom stereocenters. The number of aromatic amines is 1. The zero-order valence-corrected chi connectivity index (χ0v) is 18.5. The van der Waals surface area contributed by atoms with Crippen LogP contribution >= 0.6 is 15.9 Å². The van der Waals surface area contributed by atoms with E-state index in [-0.39, 0.29) is 12.3 Å². The van der Waals surface area contributed by atoms with Crippen LogP contribution in [0.2, 0.25) is 0 Å². The Kier molecular flexibility index (Phi) is 6.31. The highest BCUT2D eigenvalue weighted by molar-refractivity contribution is 9.10. The van der Waals surface area contributed by atoms with Crippen molar-refractivity contribution in [3.8, 4) is 11.5 Å². The Balaban J connectivity index is 1.45. The van der Waals surface area contributed by atoms with Crippen LogP contribution in [0.25, 0.3) is 11.0 Å². The van der Waals surface area contributed by atoms with Crippen LogP contribution in [0.15, 0.2) is 70.2 Å². The van der Waals surface area contributed by atoms with Crippen LogP contribution in [0.4, 0.5) is 11.6 Å². The number of fused-ring (bicyclic) bond motifs is 1. The lowest BCUT2D eigenvalue weighted by Crippen LogP contribution is -2.00. The third-order valence-electron chi connectivity index (χ3n) is 4.56. The number of nitrogens with one attached hydrogen (secondary N) is 2. The van der Waals surface area contributed by atoms with E-state index in [0.29, 0.717) is 21.9 Å². The number of methoxy groups -OCH3 is 1. The van der Waals surface area contributed by atoms with Crippen LogP contribution in [0.1, 0.15) is 11.1 Å². The maximum absolute atomic E-state index is 10.8. The van der Waals surface area contributed by atoms with Crippen molar-refractivity contribution in [2.45, 2.75) is 6.61 Å². The summed E-state index contributed by atoms with van der Waals surface area (Å²) in [5.74, 6) is 1.58. The van der Waals surface area contributed by atoms with Gasteiger partial charge in [0, 0.05) is 12.1 Å². The van der Waals surface area contributed by atoms with Crippen LogP contribution < -0.4 is 14.9 Å². The Hall–Kier alpha value is -3.92. The molecule has 0 aliphatic carbocycles. The average Bonchev–Trinajstić information content (AvgIpc) is 3.21. The number of ether oxygens (including phenoxy) is 2. The number of hydrogen-bond donors (Lipinski definition) is 2. The number of benzene rings is 3. The van der Waals surface area contributed by atoms with E-state index in [1.807, 2.05) is 30.3 Å². The Morgan fingerprint density at radius 1 is 1.22 bits per heavy atom. The summed E-state index contributed by atoms with van der Waals surface area (Å²) in [6, 6.07) is 17.5. The van der Waals surface area contributed by atoms with E-state index >= 15 is 0 Å². The molecule has 4 rings (SSSR count). The second-order valence-electron chi connectivity index (χ2n) is 6.72. The van der Waals surface area contributed by atoms with Gasteiger partial charge in [-0.15, -0.1) is 0 Å². The SMILES string of the molecule is COc1cc(/C=N\Nc2nc3ccccc3[nH]2)cc(Br)c1OCc1ccc([N+](=O)[O-])cc1. The molecule has 0 saturated carbocycles. The van der Waals surface area contributed by atoms with Crippen LogP contribution in [0.5, 0.6) is 11.5 Å². The largest absolute Gasteiger partial charge is 0.493 e. The van der Waals surface area contributed by atoms with Crippen molar-refractivity contribution < 1.29 is 14.4 Å². The normalized spacial score (nSPS) is 11.1. The number of imidazole rings is 1. The van der Waals surface area contributed by atoms with Gasteiger partial charge in [0.15, 0.2) is 11.5 Å². The Morgan fingerprint density at radius 3 is 2.72 bits per heavy atom. The number of hydrazone groups is 1. The standard InChI is InChI=1S/C22H18BrN5O4/c1-31-20-11-15(12-24-27-22-25-18-4-2-3-5-19(18)26-22)10-17(23)21(20)32-13-14-6-8-16(9-7-14)28(29)30/h2-12H,13H2,1H3,(H2,25,26,27)/b24-12-. The molecule has 2 N–H and O–H groups in total. The van der Waals surface area contributed by atoms with E-state index in [2.05, 4.69) is 36.4 Å². The lowest BCUT2D eigenvalue weighted by molar-refractivity contribution is -0.384. The fourth-order valence-electron chi connectivity index (χ4n) is 3.00. The summed E-state index contributed by atoms with van der Waals surface area (Å²) in [6.07, 6.45) is 1.64. The van der Waals surface area contributed by atoms with Crippen LogP contribution in [-0.2, 0) is 6.61 Å². The van der Waals surface area contributed by atoms with Crippen molar-refractivity contribution >= 4 is 44.8 Å². The number of hydrogen-bond acceptors (Lipinski definition) is 7. The molecule has 0 aliphatic heterocycles. The molecule has 3 aromatic carbocycles. The molecule has 0 amide bonds. The van der Waals surface area contributed by atoms with Crippen LogP contribution in [0.3, 0.4) is 0 Å². The van der Waals surface area contributed by atoms with Gasteiger partial charge < -0.3 is 14.5 Å². The lowest BCUT2D eigenvalue weighted by atomic mass is 10.2. The molecular weight excluding hydrogens is 478 g/mol. The molecule has 0 radical (unpaired) electrons. The number of anilines is 1. The first-order valence-corrected chi connectivity index (χ1v) is 10.3. The van der Waals surface area contributed by atoms with Gasteiger partial charge in [-0.2, -0.15) is 5.10 Å². The molecule has 0 atom stereocenters. The van der Waals surface area contributed by atoms with Gasteiger partial charge in [-0.3, -0.25) is 10.1 Å². The molecule has 0 fully saturated rings. The van der Waals surface area contributed by atoms with Gasteiger partial charge in [0.05, 0.1) is 33.8 Å². The third kappa shape index (κ3) is 4.86. The fourth-order valence-corrected chi connectivity index (χ4v) is 3.57. The van der Waals surface area contributed by atoms with E-state index in [4.69, 9.17) is 9.47 Å². The summed E-state index contributed by atoms with van der Waals surface area (Å²) in [4.78, 5) is 17.9. The predicted molar refractivity (Wildman–Crippen MR) is 125 cm³/mol. The Morgan fingerprint density at radius 2 is 2.00 bits per heavy atom. The Bertz CT molecular complexity index is 1250. The van der Waals surface area contributed by atoms with Gasteiger partial charge in [0.2, 0.25) is 5.95 Å². The summed E-state index contributed by atoms with van der Waals surface area (Å²) < 4.78 is 12.0. The number of rotatable bonds is 8. The maximum Gasteiger partial charge on any atom is 0.269 e. The lowest BCUT2D eigenvalue weighted by Gasteiger charge is -2.13. The molecule has 1 aromatic heterocycles. The summed E-state index contributed by atoms with van der Waals surface area (Å²) in [7, 11) is 1.55. The summed E-state index contributed by atoms with van der Waals surface area (Å²) in [6.45, 7) is 0.230. The summed E-state index contributed by atoms with van der Waals surface area (Å²) in [5, 5.41) is 15.0. The zero-order chi connectivity index (χ0) is 22.5. The van der Waals surface area contributed by atoms with Crippen LogP contribution in [0, 0.1) is 10.1 Å². The number of aromatic nitrogens is 2. The van der Waals surface area contributed by atoms with E-state index in [1.54, 1.807) is 31.5 Å². The smallest absolute Gasteiger partial charge is 0.269 e. The first-order valence-electron chi connectivity index (χ1n) is 9.51. The number of nitro benzene ring substituents is 1. The third-order valence-corrected chi connectivity index (χ3v) is 5.14. The number of nitro groups is 1. The van der Waals surface area contributed by atoms with Crippen molar-refractivity contribution in [3.63, 3.8) is 0 Å². The second-order valence-corrected chi connectivity index (χ2v) is 7.57. The predicted octanol–water partition coefficient (Wildman–Crippen LogP) is 5.27. The van der Waals surface area contributed by atoms with Crippen LogP contribution in [-0.4, -0.2) is 28.2 Å². The average molecular weight is 496 g/mol. The minimum absolute atomic E-state index is 0.0346. The van der Waals surface area contributed by atoms with Crippen molar-refractivity contribution in [2.24, 2.45) is 5.10 Å². The highest BCUT2D eigenvalue weighted by atomic mass is 79.9. The minimum atomic E-state index is -0.437. The van der Waals surface area contributed by atoms with Crippen molar-refractivity contribution in [1.29, 1.82) is 0 Å². The Labute approximate surface area is 191 Å². The maximum atomic E-state index is 10.8. The minimum Gasteiger partial charge on any atom is -0.493 e. The second kappa shape index (κ2) is 9.48. The monoisotopic (exact) mass is 495 g/mol. The molecule has 10 heteroatoms. The van der Waals surface area contributed by atoms with E-state index in [0.717, 1.165) is 22.2 Å². The van der Waals surface area contributed by atoms with Crippen molar-refractivity contribution in [1.82, 2.24) is 9.97 Å². The molecule has 0 spiro atoms. The van der Waals surface area contributed by atoms with Gasteiger partial charge in [-0.05, 0) is 63.5 Å². The molecule has 4 aromatic rings. The number of halogens is 1. The topological polar surface area (TPSA) is 115 Å². The first kappa shape index (κ1) is 21.3. The number of H-pyrrole nitrogens is 1. The summed E-state index contributed by atoms with van der Waals surface area (Å²) >= 11 is 3.51. The molecular formula is C22H18BrN5O4. The molecule has 162 valence electrons. The summed E-state index contributed by atoms with van der Waals surface area (Å²) in [5.41, 5.74) is 6.26. The number of non-ortho nitro benzene ring substituents is 1. The highest BCUT2D eigenvalue weighted by Crippen LogP contribution is 2.37. The molecule has 0 aliphatic rings. The van der Waals surface area contributed by atoms with Gasteiger partial charge in [0.25, 0.3) is 5.69 Å². The molecule has 32 heavy (non-hydrogen) atoms. The van der Waals surface area contributed by atoms with Gasteiger partial charge in [0.1, 0.15) is 6.61 Å².